The van der Waals surface area contributed by atoms with Gasteiger partial charge in [-0.2, -0.15) is 0 Å². The Hall–Kier alpha value is -1.39. The number of carbonyl (C=O) groups is 3. The molecule has 0 aromatic rings. The van der Waals surface area contributed by atoms with Gasteiger partial charge in [-0.25, -0.2) is 4.79 Å². The SMILES string of the molecule is CC(=O)CCN1C(=O)N(C)C(=O)C1C. The lowest BCUT2D eigenvalue weighted by atomic mass is 10.2. The molecule has 0 aliphatic carbocycles. The second-order valence-corrected chi connectivity index (χ2v) is 3.50. The van der Waals surface area contributed by atoms with E-state index in [-0.39, 0.29) is 17.7 Å². The lowest BCUT2D eigenvalue weighted by Crippen LogP contribution is -2.34. The number of rotatable bonds is 3. The summed E-state index contributed by atoms with van der Waals surface area (Å²) >= 11 is 0. The van der Waals surface area contributed by atoms with E-state index in [4.69, 9.17) is 0 Å². The molecule has 0 saturated carbocycles. The molecule has 5 nitrogen and oxygen atoms in total. The molecular weight excluding hydrogens is 184 g/mol. The summed E-state index contributed by atoms with van der Waals surface area (Å²) < 4.78 is 0. The van der Waals surface area contributed by atoms with Gasteiger partial charge in [0.05, 0.1) is 0 Å². The molecule has 1 rings (SSSR count). The number of urea groups is 1. The van der Waals surface area contributed by atoms with Crippen LogP contribution in [0.4, 0.5) is 4.79 Å². The molecule has 0 bridgehead atoms. The summed E-state index contributed by atoms with van der Waals surface area (Å²) in [6, 6.07) is -0.754. The average Bonchev–Trinajstić information content (AvgIpc) is 2.29. The molecule has 0 radical (unpaired) electrons. The number of amides is 3. The first-order valence-electron chi connectivity index (χ1n) is 4.52. The lowest BCUT2D eigenvalue weighted by Gasteiger charge is -2.17. The smallest absolute Gasteiger partial charge is 0.312 e. The van der Waals surface area contributed by atoms with E-state index in [1.54, 1.807) is 6.92 Å². The standard InChI is InChI=1S/C9H14N2O3/c1-6(12)4-5-11-7(2)8(13)10(3)9(11)14/h7H,4-5H2,1-3H3. The number of carbonyl (C=O) groups excluding carboxylic acids is 3. The van der Waals surface area contributed by atoms with E-state index in [1.165, 1.54) is 18.9 Å². The normalized spacial score (nSPS) is 22.1. The number of hydrogen-bond acceptors (Lipinski definition) is 3. The Balaban J connectivity index is 2.65. The van der Waals surface area contributed by atoms with Gasteiger partial charge in [-0.3, -0.25) is 14.5 Å². The van der Waals surface area contributed by atoms with Crippen molar-refractivity contribution in [3.05, 3.63) is 0 Å². The third kappa shape index (κ3) is 1.76. The maximum absolute atomic E-state index is 11.5. The van der Waals surface area contributed by atoms with Crippen molar-refractivity contribution in [2.24, 2.45) is 0 Å². The van der Waals surface area contributed by atoms with Crippen molar-refractivity contribution in [3.8, 4) is 0 Å². The molecule has 0 spiro atoms. The minimum atomic E-state index is -0.438. The van der Waals surface area contributed by atoms with Crippen LogP contribution in [0.5, 0.6) is 0 Å². The van der Waals surface area contributed by atoms with Crippen molar-refractivity contribution >= 4 is 17.7 Å². The van der Waals surface area contributed by atoms with E-state index in [9.17, 15) is 14.4 Å². The number of likely N-dealkylation sites (N-methyl/N-ethyl adjacent to an activating group) is 1. The summed E-state index contributed by atoms with van der Waals surface area (Å²) in [6.45, 7) is 3.46. The molecule has 3 amide bonds. The van der Waals surface area contributed by atoms with E-state index in [2.05, 4.69) is 0 Å². The monoisotopic (exact) mass is 198 g/mol. The van der Waals surface area contributed by atoms with Crippen molar-refractivity contribution in [1.82, 2.24) is 9.80 Å². The number of nitrogens with zero attached hydrogens (tertiary/aromatic N) is 2. The van der Waals surface area contributed by atoms with Crippen LogP contribution in [0.25, 0.3) is 0 Å². The molecule has 0 N–H and O–H groups in total. The molecule has 5 heteroatoms. The fraction of sp³-hybridized carbons (Fsp3) is 0.667. The van der Waals surface area contributed by atoms with Crippen LogP contribution in [0.1, 0.15) is 20.3 Å². The number of Topliss-reactive ketones (excluding diaryl/α,β-unsaturated/α-hetero) is 1. The van der Waals surface area contributed by atoms with Gasteiger partial charge in [0.25, 0.3) is 5.91 Å². The first-order chi connectivity index (χ1) is 6.45. The zero-order chi connectivity index (χ0) is 10.9. The van der Waals surface area contributed by atoms with Crippen molar-refractivity contribution in [2.75, 3.05) is 13.6 Å². The fourth-order valence-corrected chi connectivity index (χ4v) is 1.43. The highest BCUT2D eigenvalue weighted by Gasteiger charge is 2.39. The molecule has 14 heavy (non-hydrogen) atoms. The second-order valence-electron chi connectivity index (χ2n) is 3.50. The Morgan fingerprint density at radius 3 is 2.36 bits per heavy atom. The highest BCUT2D eigenvalue weighted by molar-refractivity contribution is 6.03. The van der Waals surface area contributed by atoms with Crippen LogP contribution in [0.15, 0.2) is 0 Å². The molecule has 0 aromatic heterocycles. The summed E-state index contributed by atoms with van der Waals surface area (Å²) in [6.07, 6.45) is 0.303. The maximum atomic E-state index is 11.5. The Morgan fingerprint density at radius 1 is 1.43 bits per heavy atom. The van der Waals surface area contributed by atoms with Gasteiger partial charge in [0.1, 0.15) is 11.8 Å². The molecular formula is C9H14N2O3. The molecule has 1 aliphatic heterocycles. The predicted molar refractivity (Wildman–Crippen MR) is 49.6 cm³/mol. The summed E-state index contributed by atoms with van der Waals surface area (Å²) in [4.78, 5) is 36.1. The Kier molecular flexibility index (Phi) is 2.88. The topological polar surface area (TPSA) is 57.7 Å². The van der Waals surface area contributed by atoms with E-state index >= 15 is 0 Å². The molecule has 1 aliphatic rings. The van der Waals surface area contributed by atoms with E-state index in [0.717, 1.165) is 4.90 Å². The van der Waals surface area contributed by atoms with Gasteiger partial charge in [0, 0.05) is 20.0 Å². The van der Waals surface area contributed by atoms with Crippen LogP contribution in [0.3, 0.4) is 0 Å². The summed E-state index contributed by atoms with van der Waals surface area (Å²) in [5, 5.41) is 0. The zero-order valence-corrected chi connectivity index (χ0v) is 8.61. The number of ketones is 1. The van der Waals surface area contributed by atoms with Gasteiger partial charge in [-0.1, -0.05) is 0 Å². The van der Waals surface area contributed by atoms with E-state index in [1.807, 2.05) is 0 Å². The Labute approximate surface area is 82.7 Å². The van der Waals surface area contributed by atoms with Gasteiger partial charge in [0.2, 0.25) is 0 Å². The second kappa shape index (κ2) is 3.77. The zero-order valence-electron chi connectivity index (χ0n) is 8.61. The first-order valence-corrected chi connectivity index (χ1v) is 4.52. The van der Waals surface area contributed by atoms with Crippen molar-refractivity contribution in [3.63, 3.8) is 0 Å². The number of imide groups is 1. The molecule has 1 fully saturated rings. The summed E-state index contributed by atoms with van der Waals surface area (Å²) in [5.74, 6) is -0.189. The van der Waals surface area contributed by atoms with Gasteiger partial charge < -0.3 is 4.90 Å². The van der Waals surface area contributed by atoms with Gasteiger partial charge in [-0.15, -0.1) is 0 Å². The lowest BCUT2D eigenvalue weighted by molar-refractivity contribution is -0.127. The van der Waals surface area contributed by atoms with E-state index in [0.29, 0.717) is 13.0 Å². The van der Waals surface area contributed by atoms with Crippen LogP contribution in [0.2, 0.25) is 0 Å². The molecule has 1 saturated heterocycles. The Morgan fingerprint density at radius 2 is 2.00 bits per heavy atom. The Bertz CT molecular complexity index is 288. The summed E-state index contributed by atoms with van der Waals surface area (Å²) in [7, 11) is 1.45. The molecule has 78 valence electrons. The number of hydrogen-bond donors (Lipinski definition) is 0. The van der Waals surface area contributed by atoms with Gasteiger partial charge in [-0.05, 0) is 13.8 Å². The third-order valence-electron chi connectivity index (χ3n) is 2.39. The third-order valence-corrected chi connectivity index (χ3v) is 2.39. The van der Waals surface area contributed by atoms with Crippen LogP contribution >= 0.6 is 0 Å². The average molecular weight is 198 g/mol. The quantitative estimate of drug-likeness (QED) is 0.611. The van der Waals surface area contributed by atoms with Gasteiger partial charge in [0.15, 0.2) is 0 Å². The van der Waals surface area contributed by atoms with Crippen LogP contribution in [0, 0.1) is 0 Å². The van der Waals surface area contributed by atoms with Gasteiger partial charge >= 0.3 is 6.03 Å². The van der Waals surface area contributed by atoms with Crippen LogP contribution in [-0.2, 0) is 9.59 Å². The first kappa shape index (κ1) is 10.7. The van der Waals surface area contributed by atoms with Crippen molar-refractivity contribution in [1.29, 1.82) is 0 Å². The van der Waals surface area contributed by atoms with Crippen molar-refractivity contribution < 1.29 is 14.4 Å². The predicted octanol–water partition coefficient (Wildman–Crippen LogP) is 0.248. The minimum absolute atomic E-state index is 0.0204. The fourth-order valence-electron chi connectivity index (χ4n) is 1.43. The van der Waals surface area contributed by atoms with Crippen LogP contribution in [-0.4, -0.2) is 47.2 Å². The largest absolute Gasteiger partial charge is 0.327 e. The minimum Gasteiger partial charge on any atom is -0.312 e. The highest BCUT2D eigenvalue weighted by atomic mass is 16.2. The summed E-state index contributed by atoms with van der Waals surface area (Å²) in [5.41, 5.74) is 0. The highest BCUT2D eigenvalue weighted by Crippen LogP contribution is 2.15. The molecule has 0 aromatic carbocycles. The van der Waals surface area contributed by atoms with Crippen molar-refractivity contribution in [2.45, 2.75) is 26.3 Å². The van der Waals surface area contributed by atoms with Crippen LogP contribution < -0.4 is 0 Å². The molecule has 1 atom stereocenters. The van der Waals surface area contributed by atoms with E-state index < -0.39 is 6.04 Å². The molecule has 1 unspecified atom stereocenters. The molecule has 1 heterocycles. The maximum Gasteiger partial charge on any atom is 0.327 e.